The number of amides is 1. The van der Waals surface area contributed by atoms with Gasteiger partial charge in [0, 0.05) is 31.0 Å². The molecule has 42 heavy (non-hydrogen) atoms. The molecule has 2 aliphatic rings. The lowest BCUT2D eigenvalue weighted by atomic mass is 9.93. The predicted octanol–water partition coefficient (Wildman–Crippen LogP) is 5.23. The highest BCUT2D eigenvalue weighted by Gasteiger charge is 2.32. The molecule has 1 amide bonds. The van der Waals surface area contributed by atoms with Crippen molar-refractivity contribution < 1.29 is 27.9 Å². The van der Waals surface area contributed by atoms with Crippen LogP contribution in [0, 0.1) is 12.8 Å². The summed E-state index contributed by atoms with van der Waals surface area (Å²) in [4.78, 5) is 27.8. The average Bonchev–Trinajstić information content (AvgIpc) is 3.35. The number of ether oxygens (including phenoxy) is 1. The van der Waals surface area contributed by atoms with Crippen molar-refractivity contribution in [2.45, 2.75) is 89.9 Å². The van der Waals surface area contributed by atoms with Crippen molar-refractivity contribution >= 4 is 21.7 Å². The normalized spacial score (nSPS) is 20.8. The Morgan fingerprint density at radius 3 is 2.50 bits per heavy atom. The molecule has 0 bridgehead atoms. The molecule has 0 spiro atoms. The summed E-state index contributed by atoms with van der Waals surface area (Å²) in [7, 11) is -3.38. The van der Waals surface area contributed by atoms with E-state index in [1.165, 1.54) is 19.3 Å². The lowest BCUT2D eigenvalue weighted by Gasteiger charge is -2.28. The van der Waals surface area contributed by atoms with Crippen LogP contribution in [-0.4, -0.2) is 73.6 Å². The van der Waals surface area contributed by atoms with Crippen molar-refractivity contribution in [1.29, 1.82) is 0 Å². The van der Waals surface area contributed by atoms with Gasteiger partial charge in [-0.15, -0.1) is 0 Å². The van der Waals surface area contributed by atoms with Gasteiger partial charge in [0.05, 0.1) is 18.5 Å². The maximum atomic E-state index is 13.5. The number of nitrogens with one attached hydrogen (secondary N) is 1. The minimum atomic E-state index is -3.38. The summed E-state index contributed by atoms with van der Waals surface area (Å²) in [6.07, 6.45) is 9.61. The van der Waals surface area contributed by atoms with Gasteiger partial charge in [0.15, 0.2) is 0 Å². The molecule has 3 atom stereocenters. The van der Waals surface area contributed by atoms with Crippen molar-refractivity contribution in [1.82, 2.24) is 10.2 Å². The molecule has 1 heterocycles. The number of likely N-dealkylation sites (tertiary alicyclic amines) is 1. The number of benzene rings is 2. The minimum absolute atomic E-state index is 0.199. The molecule has 0 radical (unpaired) electrons. The van der Waals surface area contributed by atoms with Crippen molar-refractivity contribution in [2.75, 3.05) is 25.2 Å². The monoisotopic (exact) mass is 598 g/mol. The summed E-state index contributed by atoms with van der Waals surface area (Å²) in [6, 6.07) is 12.6. The quantitative estimate of drug-likeness (QED) is 0.325. The largest absolute Gasteiger partial charge is 0.480 e. The maximum absolute atomic E-state index is 13.5. The number of sulfone groups is 1. The number of carbonyl (C=O) groups excluding carboxylic acids is 1. The molecule has 1 saturated heterocycles. The maximum Gasteiger partial charge on any atom is 0.326 e. The number of hydrogen-bond donors (Lipinski definition) is 2. The van der Waals surface area contributed by atoms with E-state index in [-0.39, 0.29) is 12.2 Å². The van der Waals surface area contributed by atoms with Gasteiger partial charge in [-0.3, -0.25) is 9.69 Å². The van der Waals surface area contributed by atoms with Gasteiger partial charge in [0.25, 0.3) is 5.91 Å². The number of nitrogens with zero attached hydrogens (tertiary/aromatic N) is 1. The molecule has 9 heteroatoms. The highest BCUT2D eigenvalue weighted by Crippen LogP contribution is 2.32. The van der Waals surface area contributed by atoms with E-state index in [1.807, 2.05) is 43.3 Å². The van der Waals surface area contributed by atoms with Crippen molar-refractivity contribution in [3.8, 4) is 11.1 Å². The SMILES string of the molecule is CCC1CC(COC2CCCCC2)N(Cc2ccc(C(=O)NC(CCS(C)(=O)=O)C(=O)O)c(-c3ccccc3C)c2)C1. The molecule has 3 unspecified atom stereocenters. The van der Waals surface area contributed by atoms with E-state index in [9.17, 15) is 23.1 Å². The summed E-state index contributed by atoms with van der Waals surface area (Å²) in [5, 5.41) is 12.2. The number of carbonyl (C=O) groups is 2. The number of carboxylic acids is 1. The first kappa shape index (κ1) is 32.2. The first-order valence-corrected chi connectivity index (χ1v) is 17.4. The van der Waals surface area contributed by atoms with Crippen molar-refractivity contribution in [3.05, 3.63) is 59.2 Å². The van der Waals surface area contributed by atoms with E-state index in [0.29, 0.717) is 23.6 Å². The van der Waals surface area contributed by atoms with Crippen LogP contribution in [0.4, 0.5) is 0 Å². The fourth-order valence-corrected chi connectivity index (χ4v) is 6.94. The number of aryl methyl sites for hydroxylation is 1. The average molecular weight is 599 g/mol. The van der Waals surface area contributed by atoms with E-state index < -0.39 is 27.8 Å². The zero-order valence-corrected chi connectivity index (χ0v) is 26.0. The topological polar surface area (TPSA) is 113 Å². The van der Waals surface area contributed by atoms with Crippen LogP contribution in [0.15, 0.2) is 42.5 Å². The molecule has 4 rings (SSSR count). The smallest absolute Gasteiger partial charge is 0.326 e. The molecular formula is C33H46N2O6S. The lowest BCUT2D eigenvalue weighted by Crippen LogP contribution is -2.42. The van der Waals surface area contributed by atoms with Gasteiger partial charge < -0.3 is 15.2 Å². The summed E-state index contributed by atoms with van der Waals surface area (Å²) in [6.45, 7) is 6.73. The van der Waals surface area contributed by atoms with Crippen LogP contribution in [0.3, 0.4) is 0 Å². The molecule has 2 aromatic carbocycles. The second-order valence-electron chi connectivity index (χ2n) is 12.2. The van der Waals surface area contributed by atoms with Crippen LogP contribution in [0.1, 0.15) is 79.8 Å². The van der Waals surface area contributed by atoms with Crippen molar-refractivity contribution in [2.24, 2.45) is 5.92 Å². The molecule has 8 nitrogen and oxygen atoms in total. The second kappa shape index (κ2) is 14.6. The van der Waals surface area contributed by atoms with Crippen LogP contribution in [0.5, 0.6) is 0 Å². The van der Waals surface area contributed by atoms with Gasteiger partial charge >= 0.3 is 5.97 Å². The Balaban J connectivity index is 1.57. The Kier molecular flexibility index (Phi) is 11.2. The van der Waals surface area contributed by atoms with Gasteiger partial charge in [0.1, 0.15) is 15.9 Å². The highest BCUT2D eigenvalue weighted by atomic mass is 32.2. The minimum Gasteiger partial charge on any atom is -0.480 e. The Labute approximate surface area is 250 Å². The summed E-state index contributed by atoms with van der Waals surface area (Å²) in [5.74, 6) is -1.49. The molecule has 230 valence electrons. The summed E-state index contributed by atoms with van der Waals surface area (Å²) >= 11 is 0. The molecule has 0 aromatic heterocycles. The highest BCUT2D eigenvalue weighted by molar-refractivity contribution is 7.90. The fourth-order valence-electron chi connectivity index (χ4n) is 6.28. The predicted molar refractivity (Wildman–Crippen MR) is 165 cm³/mol. The first-order chi connectivity index (χ1) is 20.0. The zero-order chi connectivity index (χ0) is 30.3. The molecule has 1 aliphatic heterocycles. The van der Waals surface area contributed by atoms with Crippen LogP contribution >= 0.6 is 0 Å². The molecule has 2 aromatic rings. The van der Waals surface area contributed by atoms with Crippen LogP contribution in [0.2, 0.25) is 0 Å². The second-order valence-corrected chi connectivity index (χ2v) is 14.4. The Hall–Kier alpha value is -2.75. The third-order valence-corrected chi connectivity index (χ3v) is 9.78. The lowest BCUT2D eigenvalue weighted by molar-refractivity contribution is -0.139. The number of hydrogen-bond acceptors (Lipinski definition) is 6. The third-order valence-electron chi connectivity index (χ3n) is 8.80. The van der Waals surface area contributed by atoms with E-state index >= 15 is 0 Å². The zero-order valence-electron chi connectivity index (χ0n) is 25.2. The van der Waals surface area contributed by atoms with Crippen molar-refractivity contribution in [3.63, 3.8) is 0 Å². The summed E-state index contributed by atoms with van der Waals surface area (Å²) in [5.41, 5.74) is 4.08. The van der Waals surface area contributed by atoms with Gasteiger partial charge in [-0.1, -0.05) is 62.9 Å². The number of carboxylic acid groups (broad SMARTS) is 1. The number of rotatable bonds is 13. The first-order valence-electron chi connectivity index (χ1n) is 15.3. The molecule has 2 fully saturated rings. The standard InChI is InChI=1S/C33H46N2O6S/c1-4-24-18-26(22-41-27-11-6-5-7-12-27)35(20-24)21-25-14-15-29(30(19-25)28-13-9-8-10-23(28)2)32(36)34-31(33(37)38)16-17-42(3,39)40/h8-10,13-15,19,24,26-27,31H,4-7,11-12,16-18,20-22H2,1-3H3,(H,34,36)(H,37,38). The van der Waals surface area contributed by atoms with Gasteiger partial charge in [0.2, 0.25) is 0 Å². The van der Waals surface area contributed by atoms with E-state index in [1.54, 1.807) is 6.07 Å². The van der Waals surface area contributed by atoms with Crippen LogP contribution < -0.4 is 5.32 Å². The van der Waals surface area contributed by atoms with Gasteiger partial charge in [-0.05, 0) is 72.9 Å². The Bertz CT molecular complexity index is 1340. The van der Waals surface area contributed by atoms with Crippen LogP contribution in [0.25, 0.3) is 11.1 Å². The van der Waals surface area contributed by atoms with Gasteiger partial charge in [-0.2, -0.15) is 0 Å². The van der Waals surface area contributed by atoms with E-state index in [2.05, 4.69) is 17.1 Å². The molecule has 2 N–H and O–H groups in total. The Morgan fingerprint density at radius 1 is 1.10 bits per heavy atom. The Morgan fingerprint density at radius 2 is 1.83 bits per heavy atom. The van der Waals surface area contributed by atoms with E-state index in [0.717, 1.165) is 73.9 Å². The molecule has 1 aliphatic carbocycles. The third kappa shape index (κ3) is 8.88. The fraction of sp³-hybridized carbons (Fsp3) is 0.576. The van der Waals surface area contributed by atoms with Crippen LogP contribution in [-0.2, 0) is 25.9 Å². The number of aliphatic carboxylic acids is 1. The van der Waals surface area contributed by atoms with Gasteiger partial charge in [-0.25, -0.2) is 13.2 Å². The molecule has 1 saturated carbocycles. The summed E-state index contributed by atoms with van der Waals surface area (Å²) < 4.78 is 29.7. The molecular weight excluding hydrogens is 552 g/mol. The van der Waals surface area contributed by atoms with E-state index in [4.69, 9.17) is 4.74 Å².